The van der Waals surface area contributed by atoms with Crippen LogP contribution < -0.4 is 4.90 Å². The number of fused-ring (bicyclic) bond motifs is 1. The van der Waals surface area contributed by atoms with E-state index in [0.717, 1.165) is 31.9 Å². The van der Waals surface area contributed by atoms with Crippen LogP contribution in [0.2, 0.25) is 0 Å². The summed E-state index contributed by atoms with van der Waals surface area (Å²) in [4.78, 5) is 20.5. The fourth-order valence-electron chi connectivity index (χ4n) is 4.12. The van der Waals surface area contributed by atoms with Gasteiger partial charge in [0.2, 0.25) is 0 Å². The highest BCUT2D eigenvalue weighted by atomic mass is 19.4. The second kappa shape index (κ2) is 8.36. The van der Waals surface area contributed by atoms with Crippen molar-refractivity contribution in [2.24, 2.45) is 0 Å². The van der Waals surface area contributed by atoms with Gasteiger partial charge in [-0.2, -0.15) is 18.3 Å². The lowest BCUT2D eigenvalue weighted by Crippen LogP contribution is -3.13. The van der Waals surface area contributed by atoms with Gasteiger partial charge in [-0.15, -0.1) is 0 Å². The van der Waals surface area contributed by atoms with Gasteiger partial charge in [-0.1, -0.05) is 30.3 Å². The first-order chi connectivity index (χ1) is 15.9. The molecule has 0 spiro atoms. The summed E-state index contributed by atoms with van der Waals surface area (Å²) < 4.78 is 47.0. The molecule has 1 aliphatic heterocycles. The number of hydrogen-bond acceptors (Lipinski definition) is 4. The van der Waals surface area contributed by atoms with Gasteiger partial charge < -0.3 is 14.2 Å². The zero-order valence-corrected chi connectivity index (χ0v) is 17.5. The molecule has 0 radical (unpaired) electrons. The van der Waals surface area contributed by atoms with E-state index >= 15 is 0 Å². The zero-order chi connectivity index (χ0) is 23.0. The molecule has 1 saturated heterocycles. The Labute approximate surface area is 187 Å². The molecule has 7 nitrogen and oxygen atoms in total. The predicted octanol–water partition coefficient (Wildman–Crippen LogP) is 2.55. The first-order valence-electron chi connectivity index (χ1n) is 10.6. The van der Waals surface area contributed by atoms with E-state index in [-0.39, 0.29) is 28.6 Å². The van der Waals surface area contributed by atoms with Gasteiger partial charge in [0.25, 0.3) is 5.91 Å². The number of carbonyl (C=O) groups is 1. The van der Waals surface area contributed by atoms with Crippen LogP contribution in [-0.4, -0.2) is 51.6 Å². The molecule has 1 amide bonds. The van der Waals surface area contributed by atoms with E-state index in [1.165, 1.54) is 22.8 Å². The lowest BCUT2D eigenvalue weighted by atomic mass is 10.2. The molecule has 33 heavy (non-hydrogen) atoms. The van der Waals surface area contributed by atoms with Crippen LogP contribution in [0.15, 0.2) is 65.4 Å². The summed E-state index contributed by atoms with van der Waals surface area (Å²) in [6.07, 6.45) is -2.16. The largest absolute Gasteiger partial charge is 0.463 e. The Balaban J connectivity index is 1.41. The molecule has 170 valence electrons. The van der Waals surface area contributed by atoms with Crippen LogP contribution in [0.5, 0.6) is 0 Å². The third kappa shape index (κ3) is 4.21. The number of nitrogens with zero attached hydrogens (tertiary/aromatic N) is 4. The molecule has 3 aromatic heterocycles. The van der Waals surface area contributed by atoms with Crippen molar-refractivity contribution in [2.75, 3.05) is 26.2 Å². The van der Waals surface area contributed by atoms with E-state index in [2.05, 4.69) is 22.2 Å². The van der Waals surface area contributed by atoms with Crippen LogP contribution in [0.3, 0.4) is 0 Å². The number of benzene rings is 1. The quantitative estimate of drug-likeness (QED) is 0.513. The monoisotopic (exact) mass is 456 g/mol. The van der Waals surface area contributed by atoms with Gasteiger partial charge in [0, 0.05) is 5.56 Å². The molecule has 0 bridgehead atoms. The summed E-state index contributed by atoms with van der Waals surface area (Å²) in [5.74, 6) is -0.193. The van der Waals surface area contributed by atoms with Crippen molar-refractivity contribution in [3.63, 3.8) is 0 Å². The highest BCUT2D eigenvalue weighted by Crippen LogP contribution is 2.33. The summed E-state index contributed by atoms with van der Waals surface area (Å²) in [6.45, 7) is 3.37. The maximum atomic E-state index is 13.7. The fourth-order valence-corrected chi connectivity index (χ4v) is 4.12. The first kappa shape index (κ1) is 21.2. The lowest BCUT2D eigenvalue weighted by Gasteiger charge is -2.32. The lowest BCUT2D eigenvalue weighted by molar-refractivity contribution is -0.917. The molecule has 10 heteroatoms. The number of hydrogen-bond donors (Lipinski definition) is 1. The number of rotatable bonds is 4. The van der Waals surface area contributed by atoms with E-state index in [4.69, 9.17) is 4.42 Å². The maximum Gasteiger partial charge on any atom is 0.433 e. The second-order valence-electron chi connectivity index (χ2n) is 8.00. The standard InChI is InChI=1S/C23H20F3N5O2/c24-23(25,26)20-13-18(19-7-4-12-33-19)28-21-17(14-27-31(20)21)22(32)30-10-8-29(9-11-30)15-16-5-2-1-3-6-16/h1-7,12-14H,8-11,15H2/p+1. The third-order valence-corrected chi connectivity index (χ3v) is 5.82. The van der Waals surface area contributed by atoms with Crippen LogP contribution in [0, 0.1) is 0 Å². The minimum absolute atomic E-state index is 0.00787. The van der Waals surface area contributed by atoms with Crippen LogP contribution >= 0.6 is 0 Å². The molecular formula is C23H21F3N5O2+. The molecule has 1 N–H and O–H groups in total. The van der Waals surface area contributed by atoms with Crippen LogP contribution in [0.4, 0.5) is 13.2 Å². The number of alkyl halides is 3. The molecule has 0 saturated carbocycles. The SMILES string of the molecule is O=C(c1cnn2c(C(F)(F)F)cc(-c3ccco3)nc12)N1CC[NH+](Cc2ccccc2)CC1. The topological polar surface area (TPSA) is 68.1 Å². The molecule has 0 atom stereocenters. The molecule has 1 fully saturated rings. The molecule has 0 unspecified atom stereocenters. The first-order valence-corrected chi connectivity index (χ1v) is 10.6. The molecule has 4 heterocycles. The van der Waals surface area contributed by atoms with Crippen LogP contribution in [0.1, 0.15) is 21.6 Å². The van der Waals surface area contributed by atoms with Gasteiger partial charge in [0.1, 0.15) is 17.8 Å². The summed E-state index contributed by atoms with van der Waals surface area (Å²) >= 11 is 0. The zero-order valence-electron chi connectivity index (χ0n) is 17.5. The minimum atomic E-state index is -4.68. The number of amides is 1. The molecule has 1 aliphatic rings. The highest BCUT2D eigenvalue weighted by molar-refractivity contribution is 6.00. The van der Waals surface area contributed by atoms with Gasteiger partial charge >= 0.3 is 6.18 Å². The van der Waals surface area contributed by atoms with E-state index in [9.17, 15) is 18.0 Å². The van der Waals surface area contributed by atoms with Crippen molar-refractivity contribution < 1.29 is 27.3 Å². The number of carbonyl (C=O) groups excluding carboxylic acids is 1. The van der Waals surface area contributed by atoms with Gasteiger partial charge in [-0.05, 0) is 18.2 Å². The smallest absolute Gasteiger partial charge is 0.433 e. The average Bonchev–Trinajstić information content (AvgIpc) is 3.49. The number of nitrogens with one attached hydrogen (secondary N) is 1. The van der Waals surface area contributed by atoms with Gasteiger partial charge in [-0.25, -0.2) is 9.50 Å². The van der Waals surface area contributed by atoms with E-state index in [1.807, 2.05) is 18.2 Å². The Bertz CT molecular complexity index is 1260. The maximum absolute atomic E-state index is 13.7. The van der Waals surface area contributed by atoms with Crippen LogP contribution in [-0.2, 0) is 12.7 Å². The highest BCUT2D eigenvalue weighted by Gasteiger charge is 2.37. The van der Waals surface area contributed by atoms with Crippen molar-refractivity contribution in [1.82, 2.24) is 19.5 Å². The molecular weight excluding hydrogens is 435 g/mol. The normalized spacial score (nSPS) is 15.3. The number of halogens is 3. The number of quaternary nitrogens is 1. The van der Waals surface area contributed by atoms with E-state index in [0.29, 0.717) is 17.6 Å². The summed E-state index contributed by atoms with van der Waals surface area (Å²) in [5, 5.41) is 3.85. The summed E-state index contributed by atoms with van der Waals surface area (Å²) in [6, 6.07) is 14.1. The number of furan rings is 1. The Morgan fingerprint density at radius 2 is 1.85 bits per heavy atom. The Morgan fingerprint density at radius 1 is 1.09 bits per heavy atom. The number of piperazine rings is 1. The van der Waals surface area contributed by atoms with Crippen molar-refractivity contribution in [2.45, 2.75) is 12.7 Å². The van der Waals surface area contributed by atoms with E-state index < -0.39 is 11.9 Å². The summed E-state index contributed by atoms with van der Waals surface area (Å²) in [5.41, 5.74) is 0.103. The Hall–Kier alpha value is -3.66. The number of aromatic nitrogens is 3. The Kier molecular flexibility index (Phi) is 5.37. The average molecular weight is 456 g/mol. The van der Waals surface area contributed by atoms with Gasteiger partial charge in [0.15, 0.2) is 17.1 Å². The minimum Gasteiger partial charge on any atom is -0.463 e. The fraction of sp³-hybridized carbons (Fsp3) is 0.261. The van der Waals surface area contributed by atoms with Gasteiger partial charge in [-0.3, -0.25) is 4.79 Å². The molecule has 1 aromatic carbocycles. The molecule has 5 rings (SSSR count). The third-order valence-electron chi connectivity index (χ3n) is 5.82. The van der Waals surface area contributed by atoms with Crippen molar-refractivity contribution in [3.8, 4) is 11.5 Å². The summed E-state index contributed by atoms with van der Waals surface area (Å²) in [7, 11) is 0. The predicted molar refractivity (Wildman–Crippen MR) is 112 cm³/mol. The second-order valence-corrected chi connectivity index (χ2v) is 8.00. The molecule has 4 aromatic rings. The Morgan fingerprint density at radius 3 is 2.52 bits per heavy atom. The molecule has 0 aliphatic carbocycles. The van der Waals surface area contributed by atoms with Crippen LogP contribution in [0.25, 0.3) is 17.1 Å². The van der Waals surface area contributed by atoms with Crippen molar-refractivity contribution in [3.05, 3.63) is 77.8 Å². The van der Waals surface area contributed by atoms with Gasteiger partial charge in [0.05, 0.1) is 38.6 Å². The van der Waals surface area contributed by atoms with E-state index in [1.54, 1.807) is 11.0 Å². The van der Waals surface area contributed by atoms with Crippen molar-refractivity contribution in [1.29, 1.82) is 0 Å². The van der Waals surface area contributed by atoms with Crippen molar-refractivity contribution >= 4 is 11.6 Å².